The number of nitrogens with one attached hydrogen (secondary N) is 2. The lowest BCUT2D eigenvalue weighted by Gasteiger charge is -2.11. The molecule has 0 radical (unpaired) electrons. The van der Waals surface area contributed by atoms with Crippen LogP contribution in [0.5, 0.6) is 17.2 Å². The van der Waals surface area contributed by atoms with E-state index in [1.54, 1.807) is 25.1 Å². The minimum absolute atomic E-state index is 0.0439. The molecule has 2 amide bonds. The van der Waals surface area contributed by atoms with Crippen molar-refractivity contribution in [3.05, 3.63) is 30.2 Å². The normalized spacial score (nSPS) is 10.2. The lowest BCUT2D eigenvalue weighted by atomic mass is 10.0. The maximum absolute atomic E-state index is 12.4. The Balaban J connectivity index is 2.48. The fraction of sp³-hybridized carbons (Fsp3) is 0.368. The number of carbonyl (C=O) groups excluding carboxylic acids is 2. The molecule has 8 nitrogen and oxygen atoms in total. The Hall–Kier alpha value is -3.16. The van der Waals surface area contributed by atoms with Gasteiger partial charge in [0.05, 0.1) is 19.8 Å². The summed E-state index contributed by atoms with van der Waals surface area (Å²) < 4.78 is 21.3. The lowest BCUT2D eigenvalue weighted by Crippen LogP contribution is -2.27. The van der Waals surface area contributed by atoms with Crippen molar-refractivity contribution in [2.75, 3.05) is 27.3 Å². The Kier molecular flexibility index (Phi) is 7.10. The molecule has 0 aliphatic rings. The van der Waals surface area contributed by atoms with Crippen LogP contribution in [0, 0.1) is 0 Å². The van der Waals surface area contributed by atoms with Crippen LogP contribution in [-0.4, -0.2) is 39.3 Å². The van der Waals surface area contributed by atoms with Crippen molar-refractivity contribution >= 4 is 12.0 Å². The first-order valence-electron chi connectivity index (χ1n) is 8.63. The summed E-state index contributed by atoms with van der Waals surface area (Å²) in [6, 6.07) is 5.11. The van der Waals surface area contributed by atoms with Gasteiger partial charge in [-0.25, -0.2) is 4.79 Å². The highest BCUT2D eigenvalue weighted by molar-refractivity contribution is 6.00. The maximum Gasteiger partial charge on any atom is 0.412 e. The van der Waals surface area contributed by atoms with E-state index in [4.69, 9.17) is 18.6 Å². The van der Waals surface area contributed by atoms with Crippen LogP contribution in [0.2, 0.25) is 0 Å². The molecule has 0 bridgehead atoms. The molecule has 0 spiro atoms. The molecule has 8 heteroatoms. The molecule has 1 heterocycles. The second kappa shape index (κ2) is 9.51. The Morgan fingerprint density at radius 2 is 1.78 bits per heavy atom. The fourth-order valence-electron chi connectivity index (χ4n) is 2.45. The zero-order valence-electron chi connectivity index (χ0n) is 15.9. The maximum atomic E-state index is 12.4. The molecule has 0 fully saturated rings. The number of methoxy groups -OCH3 is 2. The highest BCUT2D eigenvalue weighted by Crippen LogP contribution is 2.39. The van der Waals surface area contributed by atoms with Crippen molar-refractivity contribution in [1.82, 2.24) is 10.6 Å². The monoisotopic (exact) mass is 376 g/mol. The van der Waals surface area contributed by atoms with E-state index in [0.29, 0.717) is 35.7 Å². The number of carbonyl (C=O) groups is 2. The molecule has 27 heavy (non-hydrogen) atoms. The SMILES string of the molecule is CCCNC(=O)Oc1coc(C(=O)NCC)c1-c1ccc(OC)c(OC)c1. The molecule has 1 aromatic carbocycles. The van der Waals surface area contributed by atoms with E-state index in [0.717, 1.165) is 6.42 Å². The summed E-state index contributed by atoms with van der Waals surface area (Å²) in [6.07, 6.45) is 1.39. The predicted octanol–water partition coefficient (Wildman–Crippen LogP) is 3.21. The molecule has 0 aliphatic carbocycles. The van der Waals surface area contributed by atoms with Gasteiger partial charge in [-0.05, 0) is 31.0 Å². The number of hydrogen-bond acceptors (Lipinski definition) is 6. The minimum atomic E-state index is -0.623. The number of ether oxygens (including phenoxy) is 3. The molecule has 2 rings (SSSR count). The molecule has 1 aromatic heterocycles. The summed E-state index contributed by atoms with van der Waals surface area (Å²) >= 11 is 0. The smallest absolute Gasteiger partial charge is 0.412 e. The Morgan fingerprint density at radius 1 is 1.04 bits per heavy atom. The molecule has 146 valence electrons. The number of hydrogen-bond donors (Lipinski definition) is 2. The third-order valence-electron chi connectivity index (χ3n) is 3.70. The summed E-state index contributed by atoms with van der Waals surface area (Å²) in [5.41, 5.74) is 0.939. The average molecular weight is 376 g/mol. The van der Waals surface area contributed by atoms with Gasteiger partial charge in [0.1, 0.15) is 6.26 Å². The molecule has 0 unspecified atom stereocenters. The standard InChI is InChI=1S/C19H24N2O6/c1-5-9-21-19(23)27-15-11-26-17(18(22)20-6-2)16(15)12-7-8-13(24-3)14(10-12)25-4/h7-8,10-11H,5-6,9H2,1-4H3,(H,20,22)(H,21,23). The van der Waals surface area contributed by atoms with Crippen LogP contribution >= 0.6 is 0 Å². The Bertz CT molecular complexity index is 799. The largest absolute Gasteiger partial charge is 0.493 e. The average Bonchev–Trinajstić information content (AvgIpc) is 3.09. The summed E-state index contributed by atoms with van der Waals surface area (Å²) in [5, 5.41) is 5.30. The van der Waals surface area contributed by atoms with Crippen molar-refractivity contribution in [2.45, 2.75) is 20.3 Å². The second-order valence-electron chi connectivity index (χ2n) is 5.55. The number of benzene rings is 1. The van der Waals surface area contributed by atoms with Gasteiger partial charge in [0.2, 0.25) is 5.76 Å². The van der Waals surface area contributed by atoms with Crippen LogP contribution in [0.3, 0.4) is 0 Å². The zero-order valence-corrected chi connectivity index (χ0v) is 15.9. The second-order valence-corrected chi connectivity index (χ2v) is 5.55. The van der Waals surface area contributed by atoms with Crippen LogP contribution in [0.15, 0.2) is 28.9 Å². The molecule has 0 atom stereocenters. The fourth-order valence-corrected chi connectivity index (χ4v) is 2.45. The molecule has 2 aromatic rings. The van der Waals surface area contributed by atoms with Crippen molar-refractivity contribution < 1.29 is 28.2 Å². The first-order chi connectivity index (χ1) is 13.0. The van der Waals surface area contributed by atoms with Gasteiger partial charge >= 0.3 is 6.09 Å². The first-order valence-corrected chi connectivity index (χ1v) is 8.63. The number of furan rings is 1. The van der Waals surface area contributed by atoms with Crippen LogP contribution in [0.4, 0.5) is 4.79 Å². The zero-order chi connectivity index (χ0) is 19.8. The molecule has 0 saturated heterocycles. The van der Waals surface area contributed by atoms with Gasteiger partial charge in [-0.15, -0.1) is 0 Å². The van der Waals surface area contributed by atoms with Gasteiger partial charge in [-0.1, -0.05) is 13.0 Å². The lowest BCUT2D eigenvalue weighted by molar-refractivity contribution is 0.0929. The summed E-state index contributed by atoms with van der Waals surface area (Å²) in [7, 11) is 3.04. The van der Waals surface area contributed by atoms with E-state index < -0.39 is 12.0 Å². The van der Waals surface area contributed by atoms with Crippen LogP contribution < -0.4 is 24.8 Å². The van der Waals surface area contributed by atoms with Gasteiger partial charge in [0.15, 0.2) is 17.2 Å². The molecule has 0 aliphatic heterocycles. The quantitative estimate of drug-likeness (QED) is 0.734. The molecule has 0 saturated carbocycles. The van der Waals surface area contributed by atoms with E-state index in [2.05, 4.69) is 10.6 Å². The van der Waals surface area contributed by atoms with Gasteiger partial charge in [-0.2, -0.15) is 0 Å². The predicted molar refractivity (Wildman–Crippen MR) is 99.6 cm³/mol. The molecular weight excluding hydrogens is 352 g/mol. The van der Waals surface area contributed by atoms with Crippen LogP contribution in [-0.2, 0) is 0 Å². The van der Waals surface area contributed by atoms with Gasteiger partial charge in [-0.3, -0.25) is 4.79 Å². The van der Waals surface area contributed by atoms with Gasteiger partial charge in [0.25, 0.3) is 5.91 Å². The summed E-state index contributed by atoms with van der Waals surface area (Å²) in [5.74, 6) is 0.775. The number of rotatable bonds is 8. The highest BCUT2D eigenvalue weighted by Gasteiger charge is 2.25. The van der Waals surface area contributed by atoms with Crippen LogP contribution in [0.25, 0.3) is 11.1 Å². The Morgan fingerprint density at radius 3 is 2.41 bits per heavy atom. The van der Waals surface area contributed by atoms with E-state index in [-0.39, 0.29) is 11.5 Å². The van der Waals surface area contributed by atoms with Crippen molar-refractivity contribution in [3.63, 3.8) is 0 Å². The Labute approximate surface area is 157 Å². The van der Waals surface area contributed by atoms with Crippen molar-refractivity contribution in [3.8, 4) is 28.4 Å². The van der Waals surface area contributed by atoms with E-state index in [1.807, 2.05) is 6.92 Å². The van der Waals surface area contributed by atoms with Crippen molar-refractivity contribution in [2.24, 2.45) is 0 Å². The van der Waals surface area contributed by atoms with Crippen molar-refractivity contribution in [1.29, 1.82) is 0 Å². The first kappa shape index (κ1) is 20.2. The van der Waals surface area contributed by atoms with Gasteiger partial charge < -0.3 is 29.3 Å². The van der Waals surface area contributed by atoms with E-state index in [1.165, 1.54) is 20.5 Å². The van der Waals surface area contributed by atoms with E-state index >= 15 is 0 Å². The molecular formula is C19H24N2O6. The summed E-state index contributed by atoms with van der Waals surface area (Å²) in [4.78, 5) is 24.3. The van der Waals surface area contributed by atoms with Crippen LogP contribution in [0.1, 0.15) is 30.8 Å². The van der Waals surface area contributed by atoms with Gasteiger partial charge in [0, 0.05) is 13.1 Å². The number of amides is 2. The summed E-state index contributed by atoms with van der Waals surface area (Å²) in [6.45, 7) is 4.64. The molecule has 2 N–H and O–H groups in total. The minimum Gasteiger partial charge on any atom is -0.493 e. The van der Waals surface area contributed by atoms with E-state index in [9.17, 15) is 9.59 Å². The topological polar surface area (TPSA) is 99.0 Å². The highest BCUT2D eigenvalue weighted by atomic mass is 16.6. The third kappa shape index (κ3) is 4.72. The third-order valence-corrected chi connectivity index (χ3v) is 3.70.